The summed E-state index contributed by atoms with van der Waals surface area (Å²) < 4.78 is 3.40. The van der Waals surface area contributed by atoms with E-state index in [2.05, 4.69) is 21.6 Å². The molecule has 34 heavy (non-hydrogen) atoms. The number of nitrogens with one attached hydrogen (secondary N) is 1. The van der Waals surface area contributed by atoms with Crippen LogP contribution in [0.5, 0.6) is 0 Å². The van der Waals surface area contributed by atoms with Crippen LogP contribution in [0.4, 0.5) is 5.69 Å². The van der Waals surface area contributed by atoms with Crippen molar-refractivity contribution < 1.29 is 9.59 Å². The standard InChI is InChI=1S/C23H29N9O2/c1-12-8-31(22(34)23(4,5)11-24)9-16(12)27-19-15(20(25)33)7-26-32-10-17(28-21(19)32)18-13(2)29-30(6)14(18)3/h7,10,12,16,27H,8-9H2,1-6H3,(H2,25,33)/t12-,16+/m1/s1. The van der Waals surface area contributed by atoms with Gasteiger partial charge in [0.2, 0.25) is 5.91 Å². The molecule has 11 nitrogen and oxygen atoms in total. The van der Waals surface area contributed by atoms with Gasteiger partial charge in [-0.3, -0.25) is 14.3 Å². The second-order valence-corrected chi connectivity index (χ2v) is 9.54. The minimum absolute atomic E-state index is 0.0737. The van der Waals surface area contributed by atoms with Gasteiger partial charge in [0.1, 0.15) is 5.41 Å². The van der Waals surface area contributed by atoms with E-state index in [9.17, 15) is 14.9 Å². The first-order chi connectivity index (χ1) is 15.9. The number of aromatic nitrogens is 5. The molecule has 2 amide bonds. The molecule has 0 spiro atoms. The number of imidazole rings is 1. The van der Waals surface area contributed by atoms with Crippen molar-refractivity contribution in [2.24, 2.45) is 24.1 Å². The predicted molar refractivity (Wildman–Crippen MR) is 126 cm³/mol. The van der Waals surface area contributed by atoms with Crippen LogP contribution in [0.25, 0.3) is 16.9 Å². The topological polar surface area (TPSA) is 147 Å². The molecular weight excluding hydrogens is 434 g/mol. The van der Waals surface area contributed by atoms with Gasteiger partial charge in [0.25, 0.3) is 5.91 Å². The highest BCUT2D eigenvalue weighted by molar-refractivity contribution is 6.01. The number of rotatable bonds is 5. The molecule has 0 saturated carbocycles. The molecule has 0 radical (unpaired) electrons. The van der Waals surface area contributed by atoms with Gasteiger partial charge in [0.05, 0.1) is 41.1 Å². The number of hydrogen-bond donors (Lipinski definition) is 2. The van der Waals surface area contributed by atoms with E-state index >= 15 is 0 Å². The highest BCUT2D eigenvalue weighted by atomic mass is 16.2. The monoisotopic (exact) mass is 463 g/mol. The molecule has 4 heterocycles. The zero-order valence-corrected chi connectivity index (χ0v) is 20.2. The van der Waals surface area contributed by atoms with E-state index in [0.717, 1.165) is 17.0 Å². The number of carbonyl (C=O) groups is 2. The Kier molecular flexibility index (Phi) is 5.55. The Labute approximate surface area is 197 Å². The number of carbonyl (C=O) groups excluding carboxylic acids is 2. The molecule has 178 valence electrons. The lowest BCUT2D eigenvalue weighted by molar-refractivity contribution is -0.136. The predicted octanol–water partition coefficient (Wildman–Crippen LogP) is 1.65. The van der Waals surface area contributed by atoms with Crippen molar-refractivity contribution in [2.75, 3.05) is 18.4 Å². The molecule has 2 atom stereocenters. The van der Waals surface area contributed by atoms with Gasteiger partial charge in [0.15, 0.2) is 5.65 Å². The summed E-state index contributed by atoms with van der Waals surface area (Å²) in [5.74, 6) is -0.767. The number of nitrogens with zero attached hydrogens (tertiary/aromatic N) is 7. The number of hydrogen-bond acceptors (Lipinski definition) is 7. The first kappa shape index (κ1) is 23.2. The highest BCUT2D eigenvalue weighted by Crippen LogP contribution is 2.31. The van der Waals surface area contributed by atoms with Gasteiger partial charge in [-0.25, -0.2) is 9.50 Å². The fraction of sp³-hybridized carbons (Fsp3) is 0.478. The Balaban J connectivity index is 1.74. The van der Waals surface area contributed by atoms with Crippen LogP contribution >= 0.6 is 0 Å². The first-order valence-corrected chi connectivity index (χ1v) is 11.1. The van der Waals surface area contributed by atoms with Crippen LogP contribution in [-0.4, -0.2) is 60.2 Å². The van der Waals surface area contributed by atoms with Crippen LogP contribution in [0.15, 0.2) is 12.4 Å². The number of nitrogens with two attached hydrogens (primary N) is 1. The largest absolute Gasteiger partial charge is 0.376 e. The van der Waals surface area contributed by atoms with Crippen molar-refractivity contribution in [2.45, 2.75) is 40.7 Å². The zero-order chi connectivity index (χ0) is 24.9. The summed E-state index contributed by atoms with van der Waals surface area (Å²) in [6.07, 6.45) is 3.22. The summed E-state index contributed by atoms with van der Waals surface area (Å²) in [5.41, 5.74) is 9.11. The number of amides is 2. The van der Waals surface area contributed by atoms with E-state index in [1.807, 2.05) is 27.8 Å². The zero-order valence-electron chi connectivity index (χ0n) is 20.2. The fourth-order valence-corrected chi connectivity index (χ4v) is 4.48. The number of fused-ring (bicyclic) bond motifs is 1. The van der Waals surface area contributed by atoms with Gasteiger partial charge >= 0.3 is 0 Å². The van der Waals surface area contributed by atoms with Crippen LogP contribution in [0.3, 0.4) is 0 Å². The Hall–Kier alpha value is -3.94. The van der Waals surface area contributed by atoms with Crippen molar-refractivity contribution in [3.63, 3.8) is 0 Å². The number of anilines is 1. The van der Waals surface area contributed by atoms with Crippen molar-refractivity contribution in [1.82, 2.24) is 29.3 Å². The second kappa shape index (κ2) is 8.13. The second-order valence-electron chi connectivity index (χ2n) is 9.54. The number of primary amides is 1. The van der Waals surface area contributed by atoms with Crippen LogP contribution in [-0.2, 0) is 11.8 Å². The summed E-state index contributed by atoms with van der Waals surface area (Å²) in [4.78, 5) is 31.5. The van der Waals surface area contributed by atoms with Crippen LogP contribution < -0.4 is 11.1 Å². The van der Waals surface area contributed by atoms with E-state index < -0.39 is 11.3 Å². The van der Waals surface area contributed by atoms with E-state index in [1.165, 1.54) is 6.20 Å². The lowest BCUT2D eigenvalue weighted by Gasteiger charge is -2.24. The van der Waals surface area contributed by atoms with Gasteiger partial charge < -0.3 is 16.0 Å². The molecular formula is C23H29N9O2. The summed E-state index contributed by atoms with van der Waals surface area (Å²) >= 11 is 0. The van der Waals surface area contributed by atoms with Gasteiger partial charge in [-0.2, -0.15) is 15.5 Å². The third-order valence-electron chi connectivity index (χ3n) is 6.57. The molecule has 1 fully saturated rings. The van der Waals surface area contributed by atoms with Crippen molar-refractivity contribution in [3.05, 3.63) is 29.3 Å². The van der Waals surface area contributed by atoms with Gasteiger partial charge in [-0.1, -0.05) is 6.92 Å². The molecule has 4 rings (SSSR count). The van der Waals surface area contributed by atoms with Crippen LogP contribution in [0, 0.1) is 36.5 Å². The minimum atomic E-state index is -1.10. The average molecular weight is 464 g/mol. The molecule has 1 aliphatic heterocycles. The molecule has 11 heteroatoms. The lowest BCUT2D eigenvalue weighted by Crippen LogP contribution is -2.40. The third kappa shape index (κ3) is 3.75. The lowest BCUT2D eigenvalue weighted by atomic mass is 9.94. The minimum Gasteiger partial charge on any atom is -0.376 e. The molecule has 0 bridgehead atoms. The van der Waals surface area contributed by atoms with Gasteiger partial charge in [0, 0.05) is 37.4 Å². The molecule has 1 saturated heterocycles. The Morgan fingerprint density at radius 1 is 1.29 bits per heavy atom. The smallest absolute Gasteiger partial charge is 0.252 e. The molecule has 0 aliphatic carbocycles. The quantitative estimate of drug-likeness (QED) is 0.585. The molecule has 3 aromatic heterocycles. The highest BCUT2D eigenvalue weighted by Gasteiger charge is 2.39. The number of likely N-dealkylation sites (tertiary alicyclic amines) is 1. The maximum Gasteiger partial charge on any atom is 0.252 e. The maximum absolute atomic E-state index is 12.8. The fourth-order valence-electron chi connectivity index (χ4n) is 4.48. The van der Waals surface area contributed by atoms with E-state index in [-0.39, 0.29) is 23.4 Å². The summed E-state index contributed by atoms with van der Waals surface area (Å²) in [5, 5.41) is 21.6. The summed E-state index contributed by atoms with van der Waals surface area (Å²) in [7, 11) is 1.88. The Morgan fingerprint density at radius 2 is 2.00 bits per heavy atom. The number of nitriles is 1. The third-order valence-corrected chi connectivity index (χ3v) is 6.57. The molecule has 3 aromatic rings. The van der Waals surface area contributed by atoms with E-state index in [4.69, 9.17) is 10.7 Å². The van der Waals surface area contributed by atoms with Crippen molar-refractivity contribution >= 4 is 23.1 Å². The van der Waals surface area contributed by atoms with E-state index in [1.54, 1.807) is 34.1 Å². The molecule has 0 unspecified atom stereocenters. The Morgan fingerprint density at radius 3 is 2.59 bits per heavy atom. The maximum atomic E-state index is 12.8. The summed E-state index contributed by atoms with van der Waals surface area (Å²) in [6.45, 7) is 10.0. The molecule has 1 aliphatic rings. The summed E-state index contributed by atoms with van der Waals surface area (Å²) in [6, 6.07) is 1.91. The van der Waals surface area contributed by atoms with Crippen molar-refractivity contribution in [3.8, 4) is 17.3 Å². The van der Waals surface area contributed by atoms with Crippen LogP contribution in [0.1, 0.15) is 42.5 Å². The average Bonchev–Trinajstić information content (AvgIpc) is 3.43. The number of aryl methyl sites for hydroxylation is 2. The van der Waals surface area contributed by atoms with Gasteiger partial charge in [-0.05, 0) is 33.6 Å². The SMILES string of the molecule is Cc1nn(C)c(C)c1-c1cn2ncc(C(N)=O)c(N[C@H]3CN(C(=O)C(C)(C)C#N)C[C@H]3C)c2n1. The van der Waals surface area contributed by atoms with Crippen molar-refractivity contribution in [1.29, 1.82) is 5.26 Å². The normalized spacial score (nSPS) is 18.3. The molecule has 0 aromatic carbocycles. The van der Waals surface area contributed by atoms with E-state index in [0.29, 0.717) is 30.1 Å². The molecule has 3 N–H and O–H groups in total. The Bertz CT molecular complexity index is 1340. The first-order valence-electron chi connectivity index (χ1n) is 11.1. The van der Waals surface area contributed by atoms with Crippen LogP contribution in [0.2, 0.25) is 0 Å². The van der Waals surface area contributed by atoms with Gasteiger partial charge in [-0.15, -0.1) is 0 Å².